The third kappa shape index (κ3) is 5.80. The number of sulfonamides is 1. The Hall–Kier alpha value is -1.90. The highest BCUT2D eigenvalue weighted by Crippen LogP contribution is 2.21. The number of hydrogen-bond acceptors (Lipinski definition) is 4. The zero-order chi connectivity index (χ0) is 20.6. The molecule has 8 heteroatoms. The van der Waals surface area contributed by atoms with Crippen LogP contribution in [0.1, 0.15) is 18.4 Å². The summed E-state index contributed by atoms with van der Waals surface area (Å²) in [5.74, 6) is 0.746. The Morgan fingerprint density at radius 2 is 1.96 bits per heavy atom. The summed E-state index contributed by atoms with van der Waals surface area (Å²) in [7, 11) is 2.22. The molecule has 0 radical (unpaired) electrons. The number of nitrogens with one attached hydrogen (secondary N) is 1. The van der Waals surface area contributed by atoms with Gasteiger partial charge in [-0.2, -0.15) is 4.31 Å². The molecule has 1 aliphatic heterocycles. The van der Waals surface area contributed by atoms with E-state index in [9.17, 15) is 8.42 Å². The number of benzene rings is 1. The van der Waals surface area contributed by atoms with E-state index in [1.807, 2.05) is 37.2 Å². The van der Waals surface area contributed by atoms with E-state index in [1.165, 1.54) is 0 Å². The predicted octanol–water partition coefficient (Wildman–Crippen LogP) is 1.60. The standard InChI is InChI=1S/C20H33N5O2S/c1-5-6-9-12-24(4)20(21-2)22-17-18-10-7-8-11-19(18)28(26,27)25-15-13-23(3)14-16-25/h5,7-8,10-11H,1,6,9,12-17H2,2-4H3,(H,21,22). The van der Waals surface area contributed by atoms with Crippen molar-refractivity contribution in [3.63, 3.8) is 0 Å². The summed E-state index contributed by atoms with van der Waals surface area (Å²) in [5.41, 5.74) is 0.752. The van der Waals surface area contributed by atoms with Gasteiger partial charge in [0.15, 0.2) is 5.96 Å². The van der Waals surface area contributed by atoms with Gasteiger partial charge in [0.25, 0.3) is 0 Å². The van der Waals surface area contributed by atoms with Gasteiger partial charge in [-0.3, -0.25) is 4.99 Å². The monoisotopic (exact) mass is 407 g/mol. The van der Waals surface area contributed by atoms with Gasteiger partial charge >= 0.3 is 0 Å². The topological polar surface area (TPSA) is 68.2 Å². The summed E-state index contributed by atoms with van der Waals surface area (Å²) in [6, 6.07) is 7.21. The fourth-order valence-corrected chi connectivity index (χ4v) is 4.85. The van der Waals surface area contributed by atoms with Gasteiger partial charge < -0.3 is 15.1 Å². The Bertz CT molecular complexity index is 771. The number of piperazine rings is 1. The minimum Gasteiger partial charge on any atom is -0.352 e. The Labute approximate surface area is 169 Å². The summed E-state index contributed by atoms with van der Waals surface area (Å²) in [6.07, 6.45) is 3.85. The third-order valence-electron chi connectivity index (χ3n) is 4.96. The zero-order valence-corrected chi connectivity index (χ0v) is 18.1. The van der Waals surface area contributed by atoms with E-state index < -0.39 is 10.0 Å². The molecule has 0 amide bonds. The van der Waals surface area contributed by atoms with E-state index in [-0.39, 0.29) is 0 Å². The van der Waals surface area contributed by atoms with Crippen molar-refractivity contribution in [3.8, 4) is 0 Å². The van der Waals surface area contributed by atoms with Crippen molar-refractivity contribution in [1.29, 1.82) is 0 Å². The average molecular weight is 408 g/mol. The van der Waals surface area contributed by atoms with E-state index >= 15 is 0 Å². The molecule has 1 aliphatic rings. The number of unbranched alkanes of at least 4 members (excludes halogenated alkanes) is 1. The fourth-order valence-electron chi connectivity index (χ4n) is 3.21. The van der Waals surface area contributed by atoms with Crippen LogP contribution in [0.15, 0.2) is 46.8 Å². The maximum atomic E-state index is 13.2. The number of allylic oxidation sites excluding steroid dienone is 1. The van der Waals surface area contributed by atoms with Crippen molar-refractivity contribution < 1.29 is 8.42 Å². The molecule has 0 aliphatic carbocycles. The number of likely N-dealkylation sites (N-methyl/N-ethyl adjacent to an activating group) is 1. The second-order valence-corrected chi connectivity index (χ2v) is 8.97. The Morgan fingerprint density at radius 3 is 2.61 bits per heavy atom. The lowest BCUT2D eigenvalue weighted by Crippen LogP contribution is -2.47. The number of rotatable bonds is 8. The van der Waals surface area contributed by atoms with Gasteiger partial charge in [0.2, 0.25) is 10.0 Å². The van der Waals surface area contributed by atoms with Gasteiger partial charge in [0.1, 0.15) is 0 Å². The Kier molecular flexibility index (Phi) is 8.47. The first-order chi connectivity index (χ1) is 13.4. The van der Waals surface area contributed by atoms with Gasteiger partial charge in [-0.25, -0.2) is 8.42 Å². The second kappa shape index (κ2) is 10.6. The van der Waals surface area contributed by atoms with E-state index in [0.717, 1.165) is 44.0 Å². The molecule has 1 heterocycles. The maximum absolute atomic E-state index is 13.2. The van der Waals surface area contributed by atoms with Crippen LogP contribution in [0, 0.1) is 0 Å². The molecule has 1 aromatic rings. The van der Waals surface area contributed by atoms with Gasteiger partial charge in [-0.05, 0) is 31.5 Å². The van der Waals surface area contributed by atoms with E-state index in [1.54, 1.807) is 23.5 Å². The van der Waals surface area contributed by atoms with Gasteiger partial charge in [-0.1, -0.05) is 24.3 Å². The molecule has 0 aromatic heterocycles. The molecule has 0 bridgehead atoms. The molecule has 0 atom stereocenters. The van der Waals surface area contributed by atoms with Crippen molar-refractivity contribution in [2.75, 3.05) is 53.9 Å². The number of nitrogens with zero attached hydrogens (tertiary/aromatic N) is 4. The normalized spacial score (nSPS) is 16.8. The van der Waals surface area contributed by atoms with Crippen LogP contribution in [0.4, 0.5) is 0 Å². The van der Waals surface area contributed by atoms with Crippen molar-refractivity contribution in [2.45, 2.75) is 24.3 Å². The lowest BCUT2D eigenvalue weighted by atomic mass is 10.2. The van der Waals surface area contributed by atoms with E-state index in [4.69, 9.17) is 0 Å². The zero-order valence-electron chi connectivity index (χ0n) is 17.3. The number of guanidine groups is 1. The molecule has 28 heavy (non-hydrogen) atoms. The summed E-state index contributed by atoms with van der Waals surface area (Å²) in [5, 5.41) is 3.29. The van der Waals surface area contributed by atoms with Crippen LogP contribution in [0.2, 0.25) is 0 Å². The molecule has 0 saturated carbocycles. The van der Waals surface area contributed by atoms with Gasteiger partial charge in [0.05, 0.1) is 4.90 Å². The molecule has 2 rings (SSSR count). The van der Waals surface area contributed by atoms with Crippen LogP contribution < -0.4 is 5.32 Å². The first kappa shape index (κ1) is 22.4. The fraction of sp³-hybridized carbons (Fsp3) is 0.550. The summed E-state index contributed by atoms with van der Waals surface area (Å²) >= 11 is 0. The lowest BCUT2D eigenvalue weighted by Gasteiger charge is -2.32. The molecule has 1 N–H and O–H groups in total. The quantitative estimate of drug-likeness (QED) is 0.307. The smallest absolute Gasteiger partial charge is 0.243 e. The average Bonchev–Trinajstić information content (AvgIpc) is 2.69. The highest BCUT2D eigenvalue weighted by molar-refractivity contribution is 7.89. The van der Waals surface area contributed by atoms with Crippen molar-refractivity contribution in [1.82, 2.24) is 19.4 Å². The molecule has 156 valence electrons. The highest BCUT2D eigenvalue weighted by Gasteiger charge is 2.29. The largest absolute Gasteiger partial charge is 0.352 e. The number of aliphatic imine (C=N–C) groups is 1. The molecule has 7 nitrogen and oxygen atoms in total. The van der Waals surface area contributed by atoms with Crippen molar-refractivity contribution in [3.05, 3.63) is 42.5 Å². The van der Waals surface area contributed by atoms with Gasteiger partial charge in [-0.15, -0.1) is 6.58 Å². The van der Waals surface area contributed by atoms with E-state index in [2.05, 4.69) is 21.8 Å². The van der Waals surface area contributed by atoms with Crippen molar-refractivity contribution >= 4 is 16.0 Å². The van der Waals surface area contributed by atoms with Crippen LogP contribution in [0.25, 0.3) is 0 Å². The third-order valence-corrected chi connectivity index (χ3v) is 6.96. The first-order valence-corrected chi connectivity index (χ1v) is 11.1. The molecule has 0 unspecified atom stereocenters. The van der Waals surface area contributed by atoms with Crippen LogP contribution in [0.5, 0.6) is 0 Å². The molecule has 0 spiro atoms. The van der Waals surface area contributed by atoms with E-state index in [0.29, 0.717) is 24.5 Å². The molecule has 1 fully saturated rings. The highest BCUT2D eigenvalue weighted by atomic mass is 32.2. The molecule has 1 saturated heterocycles. The predicted molar refractivity (Wildman–Crippen MR) is 115 cm³/mol. The first-order valence-electron chi connectivity index (χ1n) is 9.69. The van der Waals surface area contributed by atoms with Crippen LogP contribution in [-0.2, 0) is 16.6 Å². The maximum Gasteiger partial charge on any atom is 0.243 e. The molecular weight excluding hydrogens is 374 g/mol. The van der Waals surface area contributed by atoms with Crippen LogP contribution in [-0.4, -0.2) is 82.3 Å². The minimum atomic E-state index is -3.51. The Balaban J connectivity index is 2.10. The summed E-state index contributed by atoms with van der Waals surface area (Å²) < 4.78 is 27.9. The second-order valence-electron chi connectivity index (χ2n) is 7.07. The Morgan fingerprint density at radius 1 is 1.29 bits per heavy atom. The summed E-state index contributed by atoms with van der Waals surface area (Å²) in [6.45, 7) is 7.55. The minimum absolute atomic E-state index is 0.372. The molecular formula is C20H33N5O2S. The summed E-state index contributed by atoms with van der Waals surface area (Å²) in [4.78, 5) is 8.87. The van der Waals surface area contributed by atoms with Gasteiger partial charge in [0, 0.05) is 53.4 Å². The van der Waals surface area contributed by atoms with Crippen molar-refractivity contribution in [2.24, 2.45) is 4.99 Å². The van der Waals surface area contributed by atoms with Crippen LogP contribution in [0.3, 0.4) is 0 Å². The lowest BCUT2D eigenvalue weighted by molar-refractivity contribution is 0.222. The number of hydrogen-bond donors (Lipinski definition) is 1. The van der Waals surface area contributed by atoms with Crippen LogP contribution >= 0.6 is 0 Å². The molecule has 1 aromatic carbocycles. The SMILES string of the molecule is C=CCCCN(C)C(=NC)NCc1ccccc1S(=O)(=O)N1CCN(C)CC1.